The Morgan fingerprint density at radius 2 is 1.81 bits per heavy atom. The molecule has 0 bridgehead atoms. The second kappa shape index (κ2) is 6.91. The van der Waals surface area contributed by atoms with Crippen molar-refractivity contribution in [3.05, 3.63) is 35.6 Å². The van der Waals surface area contributed by atoms with E-state index in [0.29, 0.717) is 0 Å². The van der Waals surface area contributed by atoms with Crippen LogP contribution in [-0.2, 0) is 6.42 Å². The van der Waals surface area contributed by atoms with E-state index in [1.807, 2.05) is 12.1 Å². The van der Waals surface area contributed by atoms with Gasteiger partial charge >= 0.3 is 0 Å². The van der Waals surface area contributed by atoms with Crippen molar-refractivity contribution in [1.82, 2.24) is 5.32 Å². The lowest BCUT2D eigenvalue weighted by Crippen LogP contribution is -2.35. The highest BCUT2D eigenvalue weighted by molar-refractivity contribution is 5.17. The Morgan fingerprint density at radius 3 is 2.48 bits per heavy atom. The lowest BCUT2D eigenvalue weighted by molar-refractivity contribution is 0.171. The highest BCUT2D eigenvalue weighted by Crippen LogP contribution is 2.37. The third-order valence-corrected chi connectivity index (χ3v) is 5.48. The van der Waals surface area contributed by atoms with Crippen molar-refractivity contribution in [1.29, 1.82) is 0 Å². The summed E-state index contributed by atoms with van der Waals surface area (Å²) < 4.78 is 13.1. The molecule has 21 heavy (non-hydrogen) atoms. The minimum absolute atomic E-state index is 0.124. The predicted molar refractivity (Wildman–Crippen MR) is 85.7 cm³/mol. The molecule has 1 aromatic rings. The number of rotatable bonds is 6. The second-order valence-corrected chi connectivity index (χ2v) is 7.12. The molecule has 3 rings (SSSR count). The highest BCUT2D eigenvalue weighted by atomic mass is 19.1. The van der Waals surface area contributed by atoms with Gasteiger partial charge in [0, 0.05) is 6.04 Å². The van der Waals surface area contributed by atoms with Gasteiger partial charge in [-0.15, -0.1) is 0 Å². The van der Waals surface area contributed by atoms with Crippen LogP contribution in [0.25, 0.3) is 0 Å². The monoisotopic (exact) mass is 289 g/mol. The van der Waals surface area contributed by atoms with Crippen molar-refractivity contribution in [3.63, 3.8) is 0 Å². The zero-order valence-electron chi connectivity index (χ0n) is 13.2. The number of benzene rings is 1. The zero-order valence-corrected chi connectivity index (χ0v) is 13.2. The summed E-state index contributed by atoms with van der Waals surface area (Å²) in [5.41, 5.74) is 1.30. The molecule has 0 aromatic heterocycles. The van der Waals surface area contributed by atoms with E-state index in [4.69, 9.17) is 0 Å². The Hall–Kier alpha value is -0.890. The Kier molecular flexibility index (Phi) is 4.95. The van der Waals surface area contributed by atoms with E-state index in [-0.39, 0.29) is 5.82 Å². The van der Waals surface area contributed by atoms with Crippen LogP contribution in [0.3, 0.4) is 0 Å². The standard InChI is InChI=1S/C19H28FN/c1-2-14-3-6-16(13-21-19-9-10-19)17(11-14)12-15-4-7-18(20)8-5-15/h4-5,7-8,14,16-17,19,21H,2-3,6,9-13H2,1H3. The molecular formula is C19H28FN. The van der Waals surface area contributed by atoms with Crippen molar-refractivity contribution in [2.45, 2.75) is 57.9 Å². The molecule has 0 amide bonds. The van der Waals surface area contributed by atoms with Crippen LogP contribution in [0.4, 0.5) is 4.39 Å². The zero-order chi connectivity index (χ0) is 14.7. The minimum Gasteiger partial charge on any atom is -0.314 e. The van der Waals surface area contributed by atoms with Crippen LogP contribution in [0.15, 0.2) is 24.3 Å². The summed E-state index contributed by atoms with van der Waals surface area (Å²) in [5.74, 6) is 2.34. The molecule has 2 aliphatic rings. The fourth-order valence-corrected chi connectivity index (χ4v) is 3.84. The third-order valence-electron chi connectivity index (χ3n) is 5.48. The maximum absolute atomic E-state index is 13.1. The SMILES string of the molecule is CCC1CCC(CNC2CC2)C(Cc2ccc(F)cc2)C1. The van der Waals surface area contributed by atoms with Gasteiger partial charge in [-0.3, -0.25) is 0 Å². The summed E-state index contributed by atoms with van der Waals surface area (Å²) in [7, 11) is 0. The van der Waals surface area contributed by atoms with Crippen molar-refractivity contribution >= 4 is 0 Å². The van der Waals surface area contributed by atoms with Crippen molar-refractivity contribution in [3.8, 4) is 0 Å². The third kappa shape index (κ3) is 4.29. The molecule has 0 aliphatic heterocycles. The summed E-state index contributed by atoms with van der Waals surface area (Å²) >= 11 is 0. The average Bonchev–Trinajstić information content (AvgIpc) is 3.32. The molecule has 0 heterocycles. The summed E-state index contributed by atoms with van der Waals surface area (Å²) in [6.45, 7) is 3.51. The molecule has 1 N–H and O–H groups in total. The van der Waals surface area contributed by atoms with Gasteiger partial charge in [-0.25, -0.2) is 4.39 Å². The summed E-state index contributed by atoms with van der Waals surface area (Å²) in [4.78, 5) is 0. The van der Waals surface area contributed by atoms with Gasteiger partial charge in [0.05, 0.1) is 0 Å². The first-order valence-electron chi connectivity index (χ1n) is 8.72. The van der Waals surface area contributed by atoms with Crippen LogP contribution in [-0.4, -0.2) is 12.6 Å². The van der Waals surface area contributed by atoms with E-state index < -0.39 is 0 Å². The molecular weight excluding hydrogens is 261 g/mol. The molecule has 2 aliphatic carbocycles. The molecule has 1 aromatic carbocycles. The average molecular weight is 289 g/mol. The first-order chi connectivity index (χ1) is 10.2. The fourth-order valence-electron chi connectivity index (χ4n) is 3.84. The van der Waals surface area contributed by atoms with Gasteiger partial charge in [0.1, 0.15) is 5.82 Å². The van der Waals surface area contributed by atoms with Crippen molar-refractivity contribution < 1.29 is 4.39 Å². The van der Waals surface area contributed by atoms with Gasteiger partial charge in [-0.1, -0.05) is 31.9 Å². The molecule has 2 fully saturated rings. The molecule has 116 valence electrons. The largest absolute Gasteiger partial charge is 0.314 e. The van der Waals surface area contributed by atoms with E-state index in [9.17, 15) is 4.39 Å². The molecule has 0 saturated heterocycles. The lowest BCUT2D eigenvalue weighted by atomic mass is 9.71. The minimum atomic E-state index is -0.124. The molecule has 2 heteroatoms. The van der Waals surface area contributed by atoms with Gasteiger partial charge in [-0.2, -0.15) is 0 Å². The quantitative estimate of drug-likeness (QED) is 0.809. The summed E-state index contributed by atoms with van der Waals surface area (Å²) in [6.07, 6.45) is 9.28. The van der Waals surface area contributed by atoms with Gasteiger partial charge in [-0.05, 0) is 74.1 Å². The number of halogens is 1. The van der Waals surface area contributed by atoms with Crippen LogP contribution in [0, 0.1) is 23.6 Å². The normalized spacial score (nSPS) is 29.5. The Bertz CT molecular complexity index is 437. The maximum atomic E-state index is 13.1. The molecule has 0 radical (unpaired) electrons. The smallest absolute Gasteiger partial charge is 0.123 e. The van der Waals surface area contributed by atoms with E-state index in [1.54, 1.807) is 12.1 Å². The molecule has 3 atom stereocenters. The van der Waals surface area contributed by atoms with Gasteiger partial charge < -0.3 is 5.32 Å². The fraction of sp³-hybridized carbons (Fsp3) is 0.684. The Morgan fingerprint density at radius 1 is 1.05 bits per heavy atom. The molecule has 3 unspecified atom stereocenters. The molecule has 1 nitrogen and oxygen atoms in total. The summed E-state index contributed by atoms with van der Waals surface area (Å²) in [5, 5.41) is 3.72. The van der Waals surface area contributed by atoms with Crippen LogP contribution in [0.2, 0.25) is 0 Å². The maximum Gasteiger partial charge on any atom is 0.123 e. The van der Waals surface area contributed by atoms with E-state index >= 15 is 0 Å². The molecule has 2 saturated carbocycles. The first-order valence-corrected chi connectivity index (χ1v) is 8.72. The van der Waals surface area contributed by atoms with Gasteiger partial charge in [0.25, 0.3) is 0 Å². The highest BCUT2D eigenvalue weighted by Gasteiger charge is 2.31. The van der Waals surface area contributed by atoms with Crippen LogP contribution >= 0.6 is 0 Å². The number of hydrogen-bond donors (Lipinski definition) is 1. The van der Waals surface area contributed by atoms with Gasteiger partial charge in [0.2, 0.25) is 0 Å². The van der Waals surface area contributed by atoms with Crippen LogP contribution in [0.5, 0.6) is 0 Å². The number of hydrogen-bond acceptors (Lipinski definition) is 1. The Balaban J connectivity index is 1.61. The predicted octanol–water partition coefficient (Wildman–Crippen LogP) is 4.56. The van der Waals surface area contributed by atoms with E-state index in [0.717, 1.165) is 30.2 Å². The number of nitrogens with one attached hydrogen (secondary N) is 1. The topological polar surface area (TPSA) is 12.0 Å². The van der Waals surface area contributed by atoms with E-state index in [1.165, 1.54) is 50.6 Å². The Labute approximate surface area is 128 Å². The lowest BCUT2D eigenvalue weighted by Gasteiger charge is -2.36. The van der Waals surface area contributed by atoms with Crippen molar-refractivity contribution in [2.24, 2.45) is 17.8 Å². The second-order valence-electron chi connectivity index (χ2n) is 7.12. The van der Waals surface area contributed by atoms with Crippen molar-refractivity contribution in [2.75, 3.05) is 6.54 Å². The van der Waals surface area contributed by atoms with E-state index in [2.05, 4.69) is 12.2 Å². The van der Waals surface area contributed by atoms with Crippen LogP contribution < -0.4 is 5.32 Å². The summed E-state index contributed by atoms with van der Waals surface area (Å²) in [6, 6.07) is 7.95. The first kappa shape index (κ1) is 15.0. The van der Waals surface area contributed by atoms with Crippen LogP contribution in [0.1, 0.15) is 51.0 Å². The molecule has 0 spiro atoms. The van der Waals surface area contributed by atoms with Gasteiger partial charge in [0.15, 0.2) is 0 Å².